The van der Waals surface area contributed by atoms with E-state index in [2.05, 4.69) is 11.4 Å². The van der Waals surface area contributed by atoms with Crippen LogP contribution < -0.4 is 11.1 Å². The molecule has 10 heavy (non-hydrogen) atoms. The maximum absolute atomic E-state index is 8.28. The standard InChI is InChI=1S/C7H15N3/c1-7(3-5-9)10-6-2-4-8/h7,10H,2-4,6,8H2,1H3. The lowest BCUT2D eigenvalue weighted by Gasteiger charge is -2.07. The van der Waals surface area contributed by atoms with Crippen LogP contribution in [0.5, 0.6) is 0 Å². The Labute approximate surface area is 62.2 Å². The van der Waals surface area contributed by atoms with Gasteiger partial charge in [-0.3, -0.25) is 0 Å². The van der Waals surface area contributed by atoms with E-state index in [1.54, 1.807) is 0 Å². The Morgan fingerprint density at radius 3 is 2.90 bits per heavy atom. The quantitative estimate of drug-likeness (QED) is 0.539. The maximum Gasteiger partial charge on any atom is 0.0638 e. The summed E-state index contributed by atoms with van der Waals surface area (Å²) >= 11 is 0. The van der Waals surface area contributed by atoms with Crippen LogP contribution in [0, 0.1) is 11.3 Å². The highest BCUT2D eigenvalue weighted by Gasteiger charge is 1.96. The van der Waals surface area contributed by atoms with E-state index in [4.69, 9.17) is 11.0 Å². The highest BCUT2D eigenvalue weighted by Crippen LogP contribution is 1.86. The molecular weight excluding hydrogens is 126 g/mol. The molecule has 0 aromatic carbocycles. The molecule has 0 aliphatic rings. The van der Waals surface area contributed by atoms with Crippen molar-refractivity contribution in [1.29, 1.82) is 5.26 Å². The van der Waals surface area contributed by atoms with Gasteiger partial charge in [-0.25, -0.2) is 0 Å². The first-order valence-corrected chi connectivity index (χ1v) is 3.61. The summed E-state index contributed by atoms with van der Waals surface area (Å²) in [6.07, 6.45) is 1.56. The Hall–Kier alpha value is -0.590. The van der Waals surface area contributed by atoms with Gasteiger partial charge < -0.3 is 11.1 Å². The number of nitrogens with zero attached hydrogens (tertiary/aromatic N) is 1. The Bertz CT molecular complexity index is 106. The van der Waals surface area contributed by atoms with Crippen LogP contribution in [0.1, 0.15) is 19.8 Å². The largest absolute Gasteiger partial charge is 0.330 e. The summed E-state index contributed by atoms with van der Waals surface area (Å²) in [5.41, 5.74) is 5.28. The van der Waals surface area contributed by atoms with Gasteiger partial charge in [-0.05, 0) is 26.4 Å². The van der Waals surface area contributed by atoms with E-state index >= 15 is 0 Å². The minimum absolute atomic E-state index is 0.302. The summed E-state index contributed by atoms with van der Waals surface area (Å²) in [5, 5.41) is 11.5. The zero-order chi connectivity index (χ0) is 7.82. The number of nitriles is 1. The van der Waals surface area contributed by atoms with Gasteiger partial charge in [0, 0.05) is 6.04 Å². The molecule has 0 aromatic rings. The minimum Gasteiger partial charge on any atom is -0.330 e. The van der Waals surface area contributed by atoms with Crippen LogP contribution in [-0.2, 0) is 0 Å². The molecule has 0 saturated carbocycles. The van der Waals surface area contributed by atoms with Gasteiger partial charge in [0.15, 0.2) is 0 Å². The molecule has 0 rings (SSSR count). The van der Waals surface area contributed by atoms with Crippen molar-refractivity contribution in [1.82, 2.24) is 5.32 Å². The van der Waals surface area contributed by atoms with Crippen LogP contribution in [-0.4, -0.2) is 19.1 Å². The monoisotopic (exact) mass is 141 g/mol. The first-order valence-electron chi connectivity index (χ1n) is 3.61. The van der Waals surface area contributed by atoms with Crippen molar-refractivity contribution in [2.75, 3.05) is 13.1 Å². The summed E-state index contributed by atoms with van der Waals surface area (Å²) < 4.78 is 0. The molecule has 3 N–H and O–H groups in total. The van der Waals surface area contributed by atoms with Crippen LogP contribution in [0.25, 0.3) is 0 Å². The Kier molecular flexibility index (Phi) is 6.14. The van der Waals surface area contributed by atoms with Crippen molar-refractivity contribution in [3.63, 3.8) is 0 Å². The number of nitrogens with one attached hydrogen (secondary N) is 1. The van der Waals surface area contributed by atoms with Gasteiger partial charge in [-0.2, -0.15) is 5.26 Å². The molecule has 1 unspecified atom stereocenters. The first-order chi connectivity index (χ1) is 4.81. The lowest BCUT2D eigenvalue weighted by Crippen LogP contribution is -2.27. The number of hydrogen-bond acceptors (Lipinski definition) is 3. The minimum atomic E-state index is 0.302. The highest BCUT2D eigenvalue weighted by atomic mass is 14.9. The molecule has 0 radical (unpaired) electrons. The third kappa shape index (κ3) is 5.54. The van der Waals surface area contributed by atoms with Gasteiger partial charge in [0.05, 0.1) is 12.5 Å². The molecular formula is C7H15N3. The predicted molar refractivity (Wildman–Crippen MR) is 41.4 cm³/mol. The van der Waals surface area contributed by atoms with E-state index in [9.17, 15) is 0 Å². The second-order valence-corrected chi connectivity index (χ2v) is 2.36. The summed E-state index contributed by atoms with van der Waals surface area (Å²) in [5.74, 6) is 0. The molecule has 0 saturated heterocycles. The van der Waals surface area contributed by atoms with Gasteiger partial charge in [0.1, 0.15) is 0 Å². The molecule has 0 bridgehead atoms. The van der Waals surface area contributed by atoms with Crippen LogP contribution in [0.4, 0.5) is 0 Å². The highest BCUT2D eigenvalue weighted by molar-refractivity contribution is 4.77. The third-order valence-electron chi connectivity index (χ3n) is 1.27. The molecule has 0 fully saturated rings. The molecule has 3 heteroatoms. The van der Waals surface area contributed by atoms with E-state index in [1.165, 1.54) is 0 Å². The molecule has 0 heterocycles. The maximum atomic E-state index is 8.28. The molecule has 0 spiro atoms. The van der Waals surface area contributed by atoms with Gasteiger partial charge in [-0.1, -0.05) is 0 Å². The van der Waals surface area contributed by atoms with Crippen LogP contribution >= 0.6 is 0 Å². The van der Waals surface area contributed by atoms with E-state index in [0.717, 1.165) is 13.0 Å². The molecule has 0 aliphatic carbocycles. The van der Waals surface area contributed by atoms with Gasteiger partial charge in [0.25, 0.3) is 0 Å². The Morgan fingerprint density at radius 2 is 2.40 bits per heavy atom. The van der Waals surface area contributed by atoms with Gasteiger partial charge in [-0.15, -0.1) is 0 Å². The number of rotatable bonds is 5. The van der Waals surface area contributed by atoms with Gasteiger partial charge in [0.2, 0.25) is 0 Å². The lowest BCUT2D eigenvalue weighted by atomic mass is 10.2. The van der Waals surface area contributed by atoms with Crippen LogP contribution in [0.15, 0.2) is 0 Å². The fourth-order valence-corrected chi connectivity index (χ4v) is 0.660. The normalized spacial score (nSPS) is 12.5. The van der Waals surface area contributed by atoms with E-state index in [-0.39, 0.29) is 0 Å². The molecule has 1 atom stereocenters. The number of nitrogens with two attached hydrogens (primary N) is 1. The second-order valence-electron chi connectivity index (χ2n) is 2.36. The topological polar surface area (TPSA) is 61.8 Å². The molecule has 3 nitrogen and oxygen atoms in total. The van der Waals surface area contributed by atoms with Crippen molar-refractivity contribution in [3.8, 4) is 6.07 Å². The van der Waals surface area contributed by atoms with Crippen molar-refractivity contribution in [2.24, 2.45) is 5.73 Å². The van der Waals surface area contributed by atoms with Crippen molar-refractivity contribution in [2.45, 2.75) is 25.8 Å². The van der Waals surface area contributed by atoms with Gasteiger partial charge >= 0.3 is 0 Å². The molecule has 0 amide bonds. The first kappa shape index (κ1) is 9.41. The number of hydrogen-bond donors (Lipinski definition) is 2. The molecule has 0 aliphatic heterocycles. The summed E-state index contributed by atoms with van der Waals surface area (Å²) in [4.78, 5) is 0. The predicted octanol–water partition coefficient (Wildman–Crippen LogP) is 0.227. The van der Waals surface area contributed by atoms with Crippen LogP contribution in [0.2, 0.25) is 0 Å². The van der Waals surface area contributed by atoms with Crippen LogP contribution in [0.3, 0.4) is 0 Å². The zero-order valence-electron chi connectivity index (χ0n) is 6.43. The Balaban J connectivity index is 3.06. The Morgan fingerprint density at radius 1 is 1.70 bits per heavy atom. The lowest BCUT2D eigenvalue weighted by molar-refractivity contribution is 0.547. The zero-order valence-corrected chi connectivity index (χ0v) is 6.43. The fraction of sp³-hybridized carbons (Fsp3) is 0.857. The molecule has 58 valence electrons. The van der Waals surface area contributed by atoms with Crippen molar-refractivity contribution in [3.05, 3.63) is 0 Å². The van der Waals surface area contributed by atoms with E-state index < -0.39 is 0 Å². The van der Waals surface area contributed by atoms with Crippen molar-refractivity contribution >= 4 is 0 Å². The SMILES string of the molecule is CC(CC#N)NCCCN. The summed E-state index contributed by atoms with van der Waals surface area (Å²) in [6, 6.07) is 2.40. The van der Waals surface area contributed by atoms with E-state index in [1.807, 2.05) is 6.92 Å². The second kappa shape index (κ2) is 6.53. The summed E-state index contributed by atoms with van der Waals surface area (Å²) in [7, 11) is 0. The third-order valence-corrected chi connectivity index (χ3v) is 1.27. The fourth-order valence-electron chi connectivity index (χ4n) is 0.660. The smallest absolute Gasteiger partial charge is 0.0638 e. The van der Waals surface area contributed by atoms with Crippen molar-refractivity contribution < 1.29 is 0 Å². The van der Waals surface area contributed by atoms with E-state index in [0.29, 0.717) is 19.0 Å². The average molecular weight is 141 g/mol. The average Bonchev–Trinajstić information content (AvgIpc) is 1.89. The summed E-state index contributed by atoms with van der Waals surface area (Å²) in [6.45, 7) is 3.63. The molecule has 0 aromatic heterocycles.